The number of amides is 1. The molecule has 2 aromatic carbocycles. The largest absolute Gasteiger partial charge is 0.497 e. The van der Waals surface area contributed by atoms with E-state index in [1.165, 1.54) is 12.1 Å². The van der Waals surface area contributed by atoms with Crippen molar-refractivity contribution >= 4 is 11.4 Å². The number of fused-ring (bicyclic) bond motifs is 1. The summed E-state index contributed by atoms with van der Waals surface area (Å²) in [4.78, 5) is 12.5. The van der Waals surface area contributed by atoms with Crippen LogP contribution in [0.15, 0.2) is 66.9 Å². The van der Waals surface area contributed by atoms with Crippen LogP contribution in [0, 0.1) is 5.82 Å². The molecule has 4 aromatic rings. The van der Waals surface area contributed by atoms with Crippen molar-refractivity contribution in [2.45, 2.75) is 0 Å². The number of benzene rings is 2. The first-order chi connectivity index (χ1) is 13.6. The SMILES string of the molecule is CNC(=O)c1c(-c2ccc(F)cc2)nn2cc(-c3ccc(OC)cc3)ccc12. The second-order valence-electron chi connectivity index (χ2n) is 6.29. The number of hydrogen-bond donors (Lipinski definition) is 1. The van der Waals surface area contributed by atoms with E-state index in [0.717, 1.165) is 16.9 Å². The highest BCUT2D eigenvalue weighted by atomic mass is 19.1. The number of hydrogen-bond acceptors (Lipinski definition) is 3. The van der Waals surface area contributed by atoms with E-state index < -0.39 is 0 Å². The number of nitrogens with one attached hydrogen (secondary N) is 1. The Morgan fingerprint density at radius 1 is 0.964 bits per heavy atom. The molecule has 0 atom stereocenters. The van der Waals surface area contributed by atoms with Gasteiger partial charge >= 0.3 is 0 Å². The average Bonchev–Trinajstić information content (AvgIpc) is 3.12. The van der Waals surface area contributed by atoms with Crippen LogP contribution in [-0.4, -0.2) is 29.7 Å². The van der Waals surface area contributed by atoms with E-state index in [0.29, 0.717) is 22.3 Å². The summed E-state index contributed by atoms with van der Waals surface area (Å²) >= 11 is 0. The maximum atomic E-state index is 13.3. The van der Waals surface area contributed by atoms with Gasteiger partial charge in [-0.1, -0.05) is 18.2 Å². The summed E-state index contributed by atoms with van der Waals surface area (Å²) in [6, 6.07) is 17.5. The molecule has 6 heteroatoms. The van der Waals surface area contributed by atoms with Crippen LogP contribution in [0.4, 0.5) is 4.39 Å². The van der Waals surface area contributed by atoms with Gasteiger partial charge in [0.15, 0.2) is 0 Å². The van der Waals surface area contributed by atoms with Gasteiger partial charge in [-0.3, -0.25) is 4.79 Å². The molecular formula is C22H18FN3O2. The smallest absolute Gasteiger partial charge is 0.255 e. The zero-order chi connectivity index (χ0) is 19.7. The Kier molecular flexibility index (Phi) is 4.53. The minimum atomic E-state index is -0.337. The van der Waals surface area contributed by atoms with E-state index in [-0.39, 0.29) is 11.7 Å². The Morgan fingerprint density at radius 3 is 2.25 bits per heavy atom. The monoisotopic (exact) mass is 375 g/mol. The number of carbonyl (C=O) groups is 1. The fourth-order valence-corrected chi connectivity index (χ4v) is 3.16. The summed E-state index contributed by atoms with van der Waals surface area (Å²) in [6.45, 7) is 0. The molecular weight excluding hydrogens is 357 g/mol. The molecule has 2 aromatic heterocycles. The first-order valence-corrected chi connectivity index (χ1v) is 8.75. The number of rotatable bonds is 4. The van der Waals surface area contributed by atoms with Gasteiger partial charge in [-0.05, 0) is 48.0 Å². The van der Waals surface area contributed by atoms with Gasteiger partial charge in [-0.2, -0.15) is 5.10 Å². The van der Waals surface area contributed by atoms with Crippen LogP contribution in [0.5, 0.6) is 5.75 Å². The Bertz CT molecular complexity index is 1150. The summed E-state index contributed by atoms with van der Waals surface area (Å²) in [5.41, 5.74) is 4.27. The lowest BCUT2D eigenvalue weighted by Crippen LogP contribution is -2.18. The van der Waals surface area contributed by atoms with Gasteiger partial charge in [-0.15, -0.1) is 0 Å². The van der Waals surface area contributed by atoms with Gasteiger partial charge in [0, 0.05) is 24.4 Å². The Hall–Kier alpha value is -3.67. The molecule has 1 amide bonds. The van der Waals surface area contributed by atoms with Crippen LogP contribution in [0.2, 0.25) is 0 Å². The van der Waals surface area contributed by atoms with E-state index in [4.69, 9.17) is 4.74 Å². The molecule has 28 heavy (non-hydrogen) atoms. The molecule has 5 nitrogen and oxygen atoms in total. The van der Waals surface area contributed by atoms with Crippen LogP contribution < -0.4 is 10.1 Å². The number of pyridine rings is 1. The van der Waals surface area contributed by atoms with E-state index >= 15 is 0 Å². The summed E-state index contributed by atoms with van der Waals surface area (Å²) in [7, 11) is 3.20. The molecule has 0 spiro atoms. The molecule has 0 fully saturated rings. The Labute approximate surface area is 161 Å². The van der Waals surface area contributed by atoms with Gasteiger partial charge in [0.05, 0.1) is 18.2 Å². The van der Waals surface area contributed by atoms with Crippen LogP contribution in [0.25, 0.3) is 27.9 Å². The van der Waals surface area contributed by atoms with E-state index in [2.05, 4.69) is 10.4 Å². The fourth-order valence-electron chi connectivity index (χ4n) is 3.16. The lowest BCUT2D eigenvalue weighted by atomic mass is 10.0. The van der Waals surface area contributed by atoms with Crippen LogP contribution in [0.3, 0.4) is 0 Å². The molecule has 1 N–H and O–H groups in total. The van der Waals surface area contributed by atoms with Gasteiger partial charge in [-0.25, -0.2) is 8.91 Å². The second-order valence-corrected chi connectivity index (χ2v) is 6.29. The predicted octanol–water partition coefficient (Wildman–Crippen LogP) is 4.18. The molecule has 0 aliphatic carbocycles. The van der Waals surface area contributed by atoms with E-state index in [9.17, 15) is 9.18 Å². The lowest BCUT2D eigenvalue weighted by molar-refractivity contribution is 0.0965. The van der Waals surface area contributed by atoms with Crippen molar-refractivity contribution < 1.29 is 13.9 Å². The topological polar surface area (TPSA) is 55.6 Å². The van der Waals surface area contributed by atoms with Gasteiger partial charge < -0.3 is 10.1 Å². The minimum Gasteiger partial charge on any atom is -0.497 e. The highest BCUT2D eigenvalue weighted by Gasteiger charge is 2.20. The molecule has 0 saturated heterocycles. The third-order valence-corrected chi connectivity index (χ3v) is 4.62. The number of nitrogens with zero attached hydrogens (tertiary/aromatic N) is 2. The van der Waals surface area contributed by atoms with Crippen molar-refractivity contribution in [2.75, 3.05) is 14.2 Å². The lowest BCUT2D eigenvalue weighted by Gasteiger charge is -2.05. The zero-order valence-corrected chi connectivity index (χ0v) is 15.4. The maximum Gasteiger partial charge on any atom is 0.255 e. The molecule has 0 aliphatic heterocycles. The van der Waals surface area contributed by atoms with Crippen molar-refractivity contribution in [3.63, 3.8) is 0 Å². The van der Waals surface area contributed by atoms with Crippen molar-refractivity contribution in [1.29, 1.82) is 0 Å². The average molecular weight is 375 g/mol. The number of methoxy groups -OCH3 is 1. The molecule has 0 aliphatic rings. The standard InChI is InChI=1S/C22H18FN3O2/c1-24-22(27)20-19-12-7-16(14-5-10-18(28-2)11-6-14)13-26(19)25-21(20)15-3-8-17(23)9-4-15/h3-13H,1-2H3,(H,24,27). The Morgan fingerprint density at radius 2 is 1.61 bits per heavy atom. The quantitative estimate of drug-likeness (QED) is 0.582. The summed E-state index contributed by atoms with van der Waals surface area (Å²) in [5, 5.41) is 7.27. The van der Waals surface area contributed by atoms with Crippen LogP contribution in [0.1, 0.15) is 10.4 Å². The van der Waals surface area contributed by atoms with E-state index in [1.54, 1.807) is 30.8 Å². The first-order valence-electron chi connectivity index (χ1n) is 8.75. The van der Waals surface area contributed by atoms with Crippen molar-refractivity contribution in [3.8, 4) is 28.1 Å². The highest BCUT2D eigenvalue weighted by molar-refractivity contribution is 6.06. The summed E-state index contributed by atoms with van der Waals surface area (Å²) in [5.74, 6) is 0.201. The van der Waals surface area contributed by atoms with Gasteiger partial charge in [0.25, 0.3) is 5.91 Å². The molecule has 0 bridgehead atoms. The fraction of sp³-hybridized carbons (Fsp3) is 0.0909. The number of aromatic nitrogens is 2. The van der Waals surface area contributed by atoms with Gasteiger partial charge in [0.2, 0.25) is 0 Å². The van der Waals surface area contributed by atoms with Crippen molar-refractivity contribution in [2.24, 2.45) is 0 Å². The number of halogens is 1. The molecule has 0 radical (unpaired) electrons. The highest BCUT2D eigenvalue weighted by Crippen LogP contribution is 2.29. The predicted molar refractivity (Wildman–Crippen MR) is 106 cm³/mol. The third-order valence-electron chi connectivity index (χ3n) is 4.62. The van der Waals surface area contributed by atoms with Crippen molar-refractivity contribution in [1.82, 2.24) is 14.9 Å². The van der Waals surface area contributed by atoms with Crippen molar-refractivity contribution in [3.05, 3.63) is 78.2 Å². The third kappa shape index (κ3) is 3.09. The summed E-state index contributed by atoms with van der Waals surface area (Å²) in [6.07, 6.45) is 1.87. The summed E-state index contributed by atoms with van der Waals surface area (Å²) < 4.78 is 20.2. The zero-order valence-electron chi connectivity index (χ0n) is 15.4. The second kappa shape index (κ2) is 7.15. The molecule has 0 unspecified atom stereocenters. The van der Waals surface area contributed by atoms with Crippen LogP contribution in [-0.2, 0) is 0 Å². The molecule has 2 heterocycles. The number of ether oxygens (including phenoxy) is 1. The van der Waals surface area contributed by atoms with Gasteiger partial charge in [0.1, 0.15) is 17.3 Å². The van der Waals surface area contributed by atoms with E-state index in [1.807, 2.05) is 42.6 Å². The minimum absolute atomic E-state index is 0.244. The Balaban J connectivity index is 1.87. The van der Waals surface area contributed by atoms with Crippen LogP contribution >= 0.6 is 0 Å². The number of carbonyl (C=O) groups excluding carboxylic acids is 1. The molecule has 140 valence electrons. The molecule has 0 saturated carbocycles. The first kappa shape index (κ1) is 17.7. The normalized spacial score (nSPS) is 10.8. The maximum absolute atomic E-state index is 13.3. The molecule has 4 rings (SSSR count).